The smallest absolute Gasteiger partial charge is 0.247 e. The van der Waals surface area contributed by atoms with Gasteiger partial charge in [-0.1, -0.05) is 6.58 Å². The molecule has 10 nitrogen and oxygen atoms in total. The number of carbonyl (C=O) groups is 1. The van der Waals surface area contributed by atoms with Gasteiger partial charge in [-0.25, -0.2) is 19.3 Å². The fraction of sp³-hybridized carbons (Fsp3) is 0.185. The number of aromatic amines is 1. The van der Waals surface area contributed by atoms with Gasteiger partial charge < -0.3 is 30.0 Å². The first-order chi connectivity index (χ1) is 18.5. The summed E-state index contributed by atoms with van der Waals surface area (Å²) in [5.74, 6) is 0.752. The molecule has 0 unspecified atom stereocenters. The van der Waals surface area contributed by atoms with Crippen LogP contribution in [0.2, 0.25) is 0 Å². The van der Waals surface area contributed by atoms with Crippen LogP contribution in [0.4, 0.5) is 27.4 Å². The number of benzene rings is 2. The SMILES string of the molecule is C=CC(=O)Nc1cc(Nc2nccc(-c3ncc(-c4ccc(F)cc4)[nH]3)n2)c(OC)cc1N1CCOCC1. The third kappa shape index (κ3) is 5.47. The number of H-pyrrole nitrogens is 1. The zero-order chi connectivity index (χ0) is 26.5. The number of rotatable bonds is 8. The Morgan fingerprint density at radius 2 is 1.95 bits per heavy atom. The number of anilines is 4. The Labute approximate surface area is 218 Å². The molecule has 1 amide bonds. The van der Waals surface area contributed by atoms with Crippen molar-refractivity contribution < 1.29 is 18.7 Å². The number of ether oxygens (including phenoxy) is 2. The second-order valence-corrected chi connectivity index (χ2v) is 8.41. The molecule has 4 aromatic rings. The molecule has 0 radical (unpaired) electrons. The summed E-state index contributed by atoms with van der Waals surface area (Å²) < 4.78 is 24.4. The number of aromatic nitrogens is 4. The number of halogens is 1. The zero-order valence-electron chi connectivity index (χ0n) is 20.7. The van der Waals surface area contributed by atoms with Gasteiger partial charge in [0.1, 0.15) is 17.3 Å². The summed E-state index contributed by atoms with van der Waals surface area (Å²) in [4.78, 5) is 30.9. The lowest BCUT2D eigenvalue weighted by Crippen LogP contribution is -2.36. The number of hydrogen-bond acceptors (Lipinski definition) is 8. The first kappa shape index (κ1) is 24.9. The van der Waals surface area contributed by atoms with E-state index in [4.69, 9.17) is 9.47 Å². The third-order valence-electron chi connectivity index (χ3n) is 5.99. The van der Waals surface area contributed by atoms with Gasteiger partial charge in [0.05, 0.1) is 49.3 Å². The molecular weight excluding hydrogens is 489 g/mol. The number of imidazole rings is 1. The van der Waals surface area contributed by atoms with Gasteiger partial charge >= 0.3 is 0 Å². The predicted octanol–water partition coefficient (Wildman–Crippen LogP) is 4.39. The van der Waals surface area contributed by atoms with E-state index in [-0.39, 0.29) is 11.7 Å². The van der Waals surface area contributed by atoms with Crippen LogP contribution < -0.4 is 20.3 Å². The number of hydrogen-bond donors (Lipinski definition) is 3. The Hall–Kier alpha value is -4.77. The molecule has 11 heteroatoms. The molecule has 2 aromatic heterocycles. The van der Waals surface area contributed by atoms with Crippen LogP contribution in [0.5, 0.6) is 5.75 Å². The molecular formula is C27H26FN7O3. The molecule has 0 atom stereocenters. The maximum Gasteiger partial charge on any atom is 0.247 e. The van der Waals surface area contributed by atoms with Gasteiger partial charge in [0.25, 0.3) is 0 Å². The summed E-state index contributed by atoms with van der Waals surface area (Å²) in [7, 11) is 1.57. The summed E-state index contributed by atoms with van der Waals surface area (Å²) in [5.41, 5.74) is 4.05. The molecule has 0 saturated carbocycles. The van der Waals surface area contributed by atoms with Crippen molar-refractivity contribution in [1.29, 1.82) is 0 Å². The lowest BCUT2D eigenvalue weighted by molar-refractivity contribution is -0.111. The zero-order valence-corrected chi connectivity index (χ0v) is 20.7. The van der Waals surface area contributed by atoms with E-state index in [9.17, 15) is 9.18 Å². The molecule has 38 heavy (non-hydrogen) atoms. The number of amides is 1. The van der Waals surface area contributed by atoms with Crippen molar-refractivity contribution in [3.63, 3.8) is 0 Å². The molecule has 5 rings (SSSR count). The van der Waals surface area contributed by atoms with Crippen LogP contribution in [0.25, 0.3) is 22.8 Å². The normalized spacial score (nSPS) is 13.2. The highest BCUT2D eigenvalue weighted by atomic mass is 19.1. The van der Waals surface area contributed by atoms with Crippen molar-refractivity contribution in [2.75, 3.05) is 48.9 Å². The fourth-order valence-electron chi connectivity index (χ4n) is 4.08. The van der Waals surface area contributed by atoms with Crippen LogP contribution in [-0.4, -0.2) is 59.3 Å². The van der Waals surface area contributed by atoms with Gasteiger partial charge in [0.15, 0.2) is 5.82 Å². The highest BCUT2D eigenvalue weighted by molar-refractivity contribution is 6.02. The third-order valence-corrected chi connectivity index (χ3v) is 5.99. The highest BCUT2D eigenvalue weighted by Gasteiger charge is 2.20. The Kier molecular flexibility index (Phi) is 7.27. The lowest BCUT2D eigenvalue weighted by atomic mass is 10.1. The maximum atomic E-state index is 13.3. The number of nitrogens with one attached hydrogen (secondary N) is 3. The maximum absolute atomic E-state index is 13.3. The van der Waals surface area contributed by atoms with Crippen molar-refractivity contribution in [3.05, 3.63) is 73.3 Å². The molecule has 1 aliphatic heterocycles. The van der Waals surface area contributed by atoms with E-state index in [1.165, 1.54) is 18.2 Å². The number of carbonyl (C=O) groups excluding carboxylic acids is 1. The molecule has 3 N–H and O–H groups in total. The summed E-state index contributed by atoms with van der Waals surface area (Å²) >= 11 is 0. The number of methoxy groups -OCH3 is 1. The lowest BCUT2D eigenvalue weighted by Gasteiger charge is -2.31. The van der Waals surface area contributed by atoms with Gasteiger partial charge in [-0.15, -0.1) is 0 Å². The van der Waals surface area contributed by atoms with Crippen molar-refractivity contribution in [3.8, 4) is 28.5 Å². The van der Waals surface area contributed by atoms with Crippen LogP contribution >= 0.6 is 0 Å². The van der Waals surface area contributed by atoms with Crippen molar-refractivity contribution in [1.82, 2.24) is 19.9 Å². The Morgan fingerprint density at radius 1 is 1.16 bits per heavy atom. The van der Waals surface area contributed by atoms with Crippen LogP contribution in [0, 0.1) is 5.82 Å². The average molecular weight is 516 g/mol. The summed E-state index contributed by atoms with van der Waals surface area (Å²) in [6.07, 6.45) is 4.50. The first-order valence-electron chi connectivity index (χ1n) is 11.9. The van der Waals surface area contributed by atoms with E-state index in [2.05, 4.69) is 42.0 Å². The average Bonchev–Trinajstić information content (AvgIpc) is 3.45. The number of morpholine rings is 1. The molecule has 0 bridgehead atoms. The molecule has 0 spiro atoms. The minimum absolute atomic E-state index is 0.305. The molecule has 1 aliphatic rings. The van der Waals surface area contributed by atoms with Crippen molar-refractivity contribution >= 4 is 28.9 Å². The molecule has 0 aliphatic carbocycles. The predicted molar refractivity (Wildman–Crippen MR) is 143 cm³/mol. The molecule has 194 valence electrons. The van der Waals surface area contributed by atoms with Crippen LogP contribution in [-0.2, 0) is 9.53 Å². The molecule has 3 heterocycles. The van der Waals surface area contributed by atoms with Crippen molar-refractivity contribution in [2.24, 2.45) is 0 Å². The van der Waals surface area contributed by atoms with E-state index in [1.54, 1.807) is 43.8 Å². The summed E-state index contributed by atoms with van der Waals surface area (Å²) in [6, 6.07) is 11.5. The standard InChI is InChI=1S/C27H26FN7O3/c1-3-25(36)31-20-14-21(24(37-2)15-23(20)35-10-12-38-13-11-35)34-27-29-9-8-19(33-27)26-30-16-22(32-26)17-4-6-18(28)7-5-17/h3-9,14-16H,1,10-13H2,2H3,(H,30,32)(H,31,36)(H,29,33,34). The van der Waals surface area contributed by atoms with E-state index in [0.717, 1.165) is 16.9 Å². The minimum Gasteiger partial charge on any atom is -0.494 e. The highest BCUT2D eigenvalue weighted by Crippen LogP contribution is 2.38. The van der Waals surface area contributed by atoms with Gasteiger partial charge in [-0.2, -0.15) is 0 Å². The topological polar surface area (TPSA) is 117 Å². The largest absolute Gasteiger partial charge is 0.494 e. The quantitative estimate of drug-likeness (QED) is 0.296. The summed E-state index contributed by atoms with van der Waals surface area (Å²) in [6.45, 7) is 6.10. The molecule has 2 aromatic carbocycles. The van der Waals surface area contributed by atoms with E-state index in [1.807, 2.05) is 6.07 Å². The Bertz CT molecular complexity index is 1450. The fourth-order valence-corrected chi connectivity index (χ4v) is 4.08. The number of nitrogens with zero attached hydrogens (tertiary/aromatic N) is 4. The second kappa shape index (κ2) is 11.1. The minimum atomic E-state index is -0.330. The monoisotopic (exact) mass is 515 g/mol. The van der Waals surface area contributed by atoms with Gasteiger partial charge in [-0.05, 0) is 48.0 Å². The van der Waals surface area contributed by atoms with Crippen LogP contribution in [0.15, 0.2) is 67.5 Å². The van der Waals surface area contributed by atoms with E-state index >= 15 is 0 Å². The van der Waals surface area contributed by atoms with Crippen molar-refractivity contribution in [2.45, 2.75) is 0 Å². The van der Waals surface area contributed by atoms with E-state index < -0.39 is 0 Å². The Morgan fingerprint density at radius 3 is 2.68 bits per heavy atom. The summed E-state index contributed by atoms with van der Waals surface area (Å²) in [5, 5.41) is 6.07. The second-order valence-electron chi connectivity index (χ2n) is 8.41. The van der Waals surface area contributed by atoms with Gasteiger partial charge in [-0.3, -0.25) is 4.79 Å². The van der Waals surface area contributed by atoms with Crippen LogP contribution in [0.3, 0.4) is 0 Å². The van der Waals surface area contributed by atoms with E-state index in [0.29, 0.717) is 60.9 Å². The Balaban J connectivity index is 1.44. The van der Waals surface area contributed by atoms with Gasteiger partial charge in [0, 0.05) is 25.4 Å². The van der Waals surface area contributed by atoms with Gasteiger partial charge in [0.2, 0.25) is 11.9 Å². The first-order valence-corrected chi connectivity index (χ1v) is 11.9. The van der Waals surface area contributed by atoms with Crippen LogP contribution in [0.1, 0.15) is 0 Å². The molecule has 1 fully saturated rings. The molecule has 1 saturated heterocycles.